The fourth-order valence-electron chi connectivity index (χ4n) is 2.92. The van der Waals surface area contributed by atoms with Crippen LogP contribution in [-0.2, 0) is 19.0 Å². The molecule has 0 aromatic heterocycles. The highest BCUT2D eigenvalue weighted by Crippen LogP contribution is 2.28. The van der Waals surface area contributed by atoms with Crippen LogP contribution in [0.5, 0.6) is 0 Å². The minimum atomic E-state index is -3.76. The molecule has 2 atom stereocenters. The Kier molecular flexibility index (Phi) is 6.11. The van der Waals surface area contributed by atoms with Crippen LogP contribution in [-0.4, -0.2) is 32.8 Å². The van der Waals surface area contributed by atoms with Crippen molar-refractivity contribution in [2.45, 2.75) is 63.5 Å². The topological polar surface area (TPSA) is 81.7 Å². The average molecular weight is 369 g/mol. The maximum atomic E-state index is 12.3. The predicted octanol–water partition coefficient (Wildman–Crippen LogP) is 3.39. The first-order valence-electron chi connectivity index (χ1n) is 8.51. The summed E-state index contributed by atoms with van der Waals surface area (Å²) in [7, 11) is -3.76. The van der Waals surface area contributed by atoms with Crippen LogP contribution in [0.2, 0.25) is 0 Å². The summed E-state index contributed by atoms with van der Waals surface area (Å²) in [6, 6.07) is 6.75. The molecule has 2 unspecified atom stereocenters. The van der Waals surface area contributed by atoms with Crippen LogP contribution in [0.3, 0.4) is 0 Å². The lowest BCUT2D eigenvalue weighted by atomic mass is 10.1. The number of amides is 1. The zero-order valence-electron chi connectivity index (χ0n) is 15.2. The van der Waals surface area contributed by atoms with Gasteiger partial charge in [0.1, 0.15) is 5.60 Å². The number of ether oxygens (including phenoxy) is 1. The van der Waals surface area contributed by atoms with Gasteiger partial charge in [0.15, 0.2) is 0 Å². The molecule has 1 saturated carbocycles. The SMILES string of the molecule is Cc1ccccc1S(=O)(=O)OCC1CCC(NC(=O)OC(C)(C)C)C1. The van der Waals surface area contributed by atoms with E-state index >= 15 is 0 Å². The van der Waals surface area contributed by atoms with Crippen molar-refractivity contribution in [3.63, 3.8) is 0 Å². The fourth-order valence-corrected chi connectivity index (χ4v) is 4.12. The van der Waals surface area contributed by atoms with Crippen molar-refractivity contribution in [2.75, 3.05) is 6.61 Å². The van der Waals surface area contributed by atoms with E-state index < -0.39 is 21.8 Å². The third-order valence-corrected chi connectivity index (χ3v) is 5.53. The molecule has 0 aliphatic heterocycles. The van der Waals surface area contributed by atoms with E-state index in [-0.39, 0.29) is 23.5 Å². The molecule has 0 radical (unpaired) electrons. The van der Waals surface area contributed by atoms with E-state index in [4.69, 9.17) is 8.92 Å². The van der Waals surface area contributed by atoms with Crippen molar-refractivity contribution in [1.82, 2.24) is 5.32 Å². The summed E-state index contributed by atoms with van der Waals surface area (Å²) >= 11 is 0. The third kappa shape index (κ3) is 6.01. The smallest absolute Gasteiger partial charge is 0.407 e. The van der Waals surface area contributed by atoms with Gasteiger partial charge in [-0.2, -0.15) is 8.42 Å². The molecule has 6 nitrogen and oxygen atoms in total. The molecule has 140 valence electrons. The van der Waals surface area contributed by atoms with Crippen molar-refractivity contribution >= 4 is 16.2 Å². The summed E-state index contributed by atoms with van der Waals surface area (Å²) in [5.74, 6) is 0.0960. The van der Waals surface area contributed by atoms with Crippen molar-refractivity contribution in [3.8, 4) is 0 Å². The second-order valence-corrected chi connectivity index (χ2v) is 9.11. The van der Waals surface area contributed by atoms with Crippen molar-refractivity contribution < 1.29 is 22.1 Å². The third-order valence-electron chi connectivity index (χ3n) is 4.08. The summed E-state index contributed by atoms with van der Waals surface area (Å²) in [5.41, 5.74) is 0.130. The number of rotatable bonds is 5. The number of alkyl carbamates (subject to hydrolysis) is 1. The van der Waals surface area contributed by atoms with Crippen LogP contribution in [0.25, 0.3) is 0 Å². The van der Waals surface area contributed by atoms with E-state index in [9.17, 15) is 13.2 Å². The Morgan fingerprint density at radius 1 is 1.24 bits per heavy atom. The lowest BCUT2D eigenvalue weighted by molar-refractivity contribution is 0.0503. The molecular formula is C18H27NO5S. The molecule has 1 aromatic rings. The molecule has 1 aromatic carbocycles. The summed E-state index contributed by atoms with van der Waals surface area (Å²) < 4.78 is 35.1. The maximum Gasteiger partial charge on any atom is 0.407 e. The van der Waals surface area contributed by atoms with E-state index in [1.54, 1.807) is 31.2 Å². The van der Waals surface area contributed by atoms with Crippen molar-refractivity contribution in [2.24, 2.45) is 5.92 Å². The lowest BCUT2D eigenvalue weighted by Crippen LogP contribution is -2.38. The van der Waals surface area contributed by atoms with Crippen molar-refractivity contribution in [1.29, 1.82) is 0 Å². The monoisotopic (exact) mass is 369 g/mol. The van der Waals surface area contributed by atoms with Crippen LogP contribution in [0.15, 0.2) is 29.2 Å². The molecule has 25 heavy (non-hydrogen) atoms. The van der Waals surface area contributed by atoms with E-state index in [0.717, 1.165) is 12.8 Å². The van der Waals surface area contributed by atoms with Gasteiger partial charge in [0.05, 0.1) is 11.5 Å². The normalized spacial score (nSPS) is 21.1. The minimum absolute atomic E-state index is 0.00962. The number of aryl methyl sites for hydroxylation is 1. The fraction of sp³-hybridized carbons (Fsp3) is 0.611. The zero-order valence-corrected chi connectivity index (χ0v) is 16.1. The number of hydrogen-bond donors (Lipinski definition) is 1. The van der Waals surface area contributed by atoms with Gasteiger partial charge in [0, 0.05) is 6.04 Å². The highest BCUT2D eigenvalue weighted by molar-refractivity contribution is 7.86. The quantitative estimate of drug-likeness (QED) is 0.805. The summed E-state index contributed by atoms with van der Waals surface area (Å²) in [6.07, 6.45) is 1.84. The standard InChI is InChI=1S/C18H27NO5S/c1-13-7-5-6-8-16(13)25(21,22)23-12-14-9-10-15(11-14)19-17(20)24-18(2,3)4/h5-8,14-15H,9-12H2,1-4H3,(H,19,20). The van der Waals surface area contributed by atoms with Gasteiger partial charge in [0.2, 0.25) is 0 Å². The molecule has 7 heteroatoms. The van der Waals surface area contributed by atoms with E-state index in [1.807, 2.05) is 20.8 Å². The molecule has 0 spiro atoms. The highest BCUT2D eigenvalue weighted by Gasteiger charge is 2.29. The molecule has 1 aliphatic carbocycles. The number of benzene rings is 1. The number of carbonyl (C=O) groups is 1. The molecule has 0 bridgehead atoms. The molecule has 1 aliphatic rings. The van der Waals surface area contributed by atoms with Crippen LogP contribution in [0.4, 0.5) is 4.79 Å². The molecule has 1 amide bonds. The molecule has 2 rings (SSSR count). The first-order chi connectivity index (χ1) is 11.6. The maximum absolute atomic E-state index is 12.3. The Labute approximate surface area is 150 Å². The van der Waals surface area contributed by atoms with E-state index in [1.165, 1.54) is 0 Å². The summed E-state index contributed by atoms with van der Waals surface area (Å²) in [4.78, 5) is 12.0. The Hall–Kier alpha value is -1.60. The van der Waals surface area contributed by atoms with Gasteiger partial charge in [0.25, 0.3) is 10.1 Å². The second-order valence-electron chi connectivity index (χ2n) is 7.53. The van der Waals surface area contributed by atoms with Gasteiger partial charge in [-0.15, -0.1) is 0 Å². The highest BCUT2D eigenvalue weighted by atomic mass is 32.2. The molecule has 0 heterocycles. The van der Waals surface area contributed by atoms with Gasteiger partial charge < -0.3 is 10.1 Å². The Balaban J connectivity index is 1.83. The molecular weight excluding hydrogens is 342 g/mol. The zero-order chi connectivity index (χ0) is 18.7. The van der Waals surface area contributed by atoms with Gasteiger partial charge in [-0.3, -0.25) is 4.18 Å². The van der Waals surface area contributed by atoms with Crippen LogP contribution in [0.1, 0.15) is 45.6 Å². The number of hydrogen-bond acceptors (Lipinski definition) is 5. The predicted molar refractivity (Wildman–Crippen MR) is 94.8 cm³/mol. The number of nitrogens with one attached hydrogen (secondary N) is 1. The van der Waals surface area contributed by atoms with E-state index in [0.29, 0.717) is 12.0 Å². The first-order valence-corrected chi connectivity index (χ1v) is 9.92. The number of carbonyl (C=O) groups excluding carboxylic acids is 1. The second kappa shape index (κ2) is 7.74. The minimum Gasteiger partial charge on any atom is -0.444 e. The van der Waals surface area contributed by atoms with Crippen LogP contribution >= 0.6 is 0 Å². The largest absolute Gasteiger partial charge is 0.444 e. The summed E-state index contributed by atoms with van der Waals surface area (Å²) in [5, 5.41) is 2.84. The Bertz CT molecular complexity index is 708. The summed E-state index contributed by atoms with van der Waals surface area (Å²) in [6.45, 7) is 7.31. The van der Waals surface area contributed by atoms with Gasteiger partial charge in [-0.05, 0) is 64.5 Å². The van der Waals surface area contributed by atoms with E-state index in [2.05, 4.69) is 5.32 Å². The average Bonchev–Trinajstić information content (AvgIpc) is 2.91. The van der Waals surface area contributed by atoms with Gasteiger partial charge in [-0.25, -0.2) is 4.79 Å². The van der Waals surface area contributed by atoms with Crippen molar-refractivity contribution in [3.05, 3.63) is 29.8 Å². The van der Waals surface area contributed by atoms with Gasteiger partial charge in [-0.1, -0.05) is 18.2 Å². The van der Waals surface area contributed by atoms with Crippen LogP contribution in [0, 0.1) is 12.8 Å². The Morgan fingerprint density at radius 2 is 1.92 bits per heavy atom. The molecule has 1 fully saturated rings. The van der Waals surface area contributed by atoms with Gasteiger partial charge >= 0.3 is 6.09 Å². The lowest BCUT2D eigenvalue weighted by Gasteiger charge is -2.21. The first kappa shape index (κ1) is 19.7. The molecule has 0 saturated heterocycles. The van der Waals surface area contributed by atoms with Crippen LogP contribution < -0.4 is 5.32 Å². The molecule has 1 N–H and O–H groups in total. The Morgan fingerprint density at radius 3 is 2.56 bits per heavy atom.